The van der Waals surface area contributed by atoms with Gasteiger partial charge in [0.1, 0.15) is 5.15 Å². The number of nitrogens with zero attached hydrogens (tertiary/aromatic N) is 3. The molecule has 158 valence electrons. The topological polar surface area (TPSA) is 69.0 Å². The maximum Gasteiger partial charge on any atom is 0.422 e. The second kappa shape index (κ2) is 8.74. The molecule has 0 saturated heterocycles. The molecule has 30 heavy (non-hydrogen) atoms. The average molecular weight is 439 g/mol. The lowest BCUT2D eigenvalue weighted by atomic mass is 10.1. The largest absolute Gasteiger partial charge is 0.468 e. The van der Waals surface area contributed by atoms with E-state index in [2.05, 4.69) is 20.1 Å². The molecule has 1 aromatic carbocycles. The Kier molecular flexibility index (Phi) is 6.31. The fourth-order valence-electron chi connectivity index (χ4n) is 2.67. The number of ether oxygens (including phenoxy) is 1. The van der Waals surface area contributed by atoms with E-state index in [1.807, 2.05) is 31.2 Å². The van der Waals surface area contributed by atoms with Crippen molar-refractivity contribution in [2.24, 2.45) is 0 Å². The van der Waals surface area contributed by atoms with Crippen LogP contribution < -0.4 is 10.1 Å². The normalized spacial score (nSPS) is 11.4. The van der Waals surface area contributed by atoms with E-state index < -0.39 is 18.7 Å². The summed E-state index contributed by atoms with van der Waals surface area (Å²) >= 11 is 6.38. The number of carbonyl (C=O) groups is 1. The zero-order valence-corrected chi connectivity index (χ0v) is 16.9. The maximum atomic E-state index is 12.7. The summed E-state index contributed by atoms with van der Waals surface area (Å²) in [6, 6.07) is 10.5. The molecule has 2 heterocycles. The van der Waals surface area contributed by atoms with Crippen LogP contribution in [0.2, 0.25) is 5.15 Å². The molecule has 0 radical (unpaired) electrons. The summed E-state index contributed by atoms with van der Waals surface area (Å²) in [6.07, 6.45) is -3.26. The molecule has 0 atom stereocenters. The first-order valence-corrected chi connectivity index (χ1v) is 9.25. The number of alkyl halides is 3. The summed E-state index contributed by atoms with van der Waals surface area (Å²) in [6.45, 7) is 2.61. The Bertz CT molecular complexity index is 1030. The average Bonchev–Trinajstić information content (AvgIpc) is 2.95. The maximum absolute atomic E-state index is 12.7. The minimum atomic E-state index is -4.46. The molecule has 3 aromatic rings. The Hall–Kier alpha value is -3.07. The van der Waals surface area contributed by atoms with Crippen molar-refractivity contribution in [2.75, 3.05) is 11.9 Å². The van der Waals surface area contributed by atoms with Crippen LogP contribution in [0.25, 0.3) is 0 Å². The van der Waals surface area contributed by atoms with Crippen LogP contribution in [0.1, 0.15) is 27.2 Å². The number of nitrogens with one attached hydrogen (secondary N) is 1. The first-order valence-electron chi connectivity index (χ1n) is 8.88. The molecule has 2 aromatic heterocycles. The first kappa shape index (κ1) is 21.6. The van der Waals surface area contributed by atoms with E-state index in [0.717, 1.165) is 11.1 Å². The van der Waals surface area contributed by atoms with Gasteiger partial charge in [0.05, 0.1) is 29.7 Å². The molecule has 0 aliphatic carbocycles. The Morgan fingerprint density at radius 2 is 1.87 bits per heavy atom. The molecule has 0 aliphatic heterocycles. The summed E-state index contributed by atoms with van der Waals surface area (Å²) in [5.41, 5.74) is 3.05. The molecule has 0 fully saturated rings. The first-order chi connectivity index (χ1) is 14.1. The van der Waals surface area contributed by atoms with Crippen molar-refractivity contribution in [1.29, 1.82) is 0 Å². The van der Waals surface area contributed by atoms with Crippen molar-refractivity contribution in [3.63, 3.8) is 0 Å². The number of rotatable bonds is 6. The van der Waals surface area contributed by atoms with Gasteiger partial charge in [0, 0.05) is 6.07 Å². The van der Waals surface area contributed by atoms with E-state index in [4.69, 9.17) is 11.6 Å². The van der Waals surface area contributed by atoms with Gasteiger partial charge in [-0.3, -0.25) is 4.79 Å². The van der Waals surface area contributed by atoms with Gasteiger partial charge in [-0.2, -0.15) is 18.3 Å². The number of halogens is 4. The summed E-state index contributed by atoms with van der Waals surface area (Å²) < 4.78 is 42.6. The lowest BCUT2D eigenvalue weighted by Crippen LogP contribution is -2.19. The Balaban J connectivity index is 1.69. The molecule has 1 amide bonds. The van der Waals surface area contributed by atoms with Crippen molar-refractivity contribution in [1.82, 2.24) is 14.8 Å². The number of hydrogen-bond acceptors (Lipinski definition) is 4. The molecule has 0 spiro atoms. The zero-order valence-electron chi connectivity index (χ0n) is 16.1. The van der Waals surface area contributed by atoms with Crippen molar-refractivity contribution in [3.8, 4) is 5.88 Å². The van der Waals surface area contributed by atoms with Crippen LogP contribution in [-0.4, -0.2) is 33.5 Å². The molecule has 3 rings (SSSR count). The number of aryl methyl sites for hydroxylation is 2. The second-order valence-corrected chi connectivity index (χ2v) is 7.00. The second-order valence-electron chi connectivity index (χ2n) is 6.64. The molecule has 0 saturated carbocycles. The minimum Gasteiger partial charge on any atom is -0.468 e. The fourth-order valence-corrected chi connectivity index (χ4v) is 2.99. The zero-order chi connectivity index (χ0) is 21.9. The van der Waals surface area contributed by atoms with Crippen LogP contribution in [0.5, 0.6) is 5.88 Å². The highest BCUT2D eigenvalue weighted by atomic mass is 35.5. The van der Waals surface area contributed by atoms with Crippen molar-refractivity contribution in [3.05, 3.63) is 70.1 Å². The summed E-state index contributed by atoms with van der Waals surface area (Å²) in [5.74, 6) is -0.705. The van der Waals surface area contributed by atoms with Crippen LogP contribution >= 0.6 is 11.6 Å². The molecular formula is C20H18ClF3N4O2. The molecular weight excluding hydrogens is 421 g/mol. The molecule has 10 heteroatoms. The standard InChI is InChI=1S/C20H18ClF3N4O2/c1-12-3-5-14(6-4-12)10-28-18(21)17(13(2)27-28)19(29)26-15-7-8-16(25-9-15)30-11-20(22,23)24/h3-9H,10-11H2,1-2H3,(H,26,29). The monoisotopic (exact) mass is 438 g/mol. The van der Waals surface area contributed by atoms with Gasteiger partial charge in [-0.05, 0) is 25.5 Å². The van der Waals surface area contributed by atoms with Gasteiger partial charge >= 0.3 is 6.18 Å². The van der Waals surface area contributed by atoms with Crippen molar-refractivity contribution >= 4 is 23.2 Å². The van der Waals surface area contributed by atoms with Crippen LogP contribution in [0.4, 0.5) is 18.9 Å². The third-order valence-electron chi connectivity index (χ3n) is 4.12. The third-order valence-corrected chi connectivity index (χ3v) is 4.51. The van der Waals surface area contributed by atoms with Gasteiger partial charge in [-0.1, -0.05) is 41.4 Å². The fraction of sp³-hybridized carbons (Fsp3) is 0.250. The van der Waals surface area contributed by atoms with E-state index in [1.165, 1.54) is 23.0 Å². The summed E-state index contributed by atoms with van der Waals surface area (Å²) in [7, 11) is 0. The van der Waals surface area contributed by atoms with Crippen LogP contribution in [0.3, 0.4) is 0 Å². The molecule has 0 aliphatic rings. The van der Waals surface area contributed by atoms with Gasteiger partial charge in [0.25, 0.3) is 5.91 Å². The van der Waals surface area contributed by atoms with E-state index in [9.17, 15) is 18.0 Å². The molecule has 6 nitrogen and oxygen atoms in total. The van der Waals surface area contributed by atoms with Crippen LogP contribution in [0.15, 0.2) is 42.6 Å². The Labute approximate surface area is 175 Å². The number of aromatic nitrogens is 3. The molecule has 0 bridgehead atoms. The van der Waals surface area contributed by atoms with E-state index in [1.54, 1.807) is 6.92 Å². The van der Waals surface area contributed by atoms with Crippen molar-refractivity contribution in [2.45, 2.75) is 26.6 Å². The predicted octanol–water partition coefficient (Wildman–Crippen LogP) is 4.79. The summed E-state index contributed by atoms with van der Waals surface area (Å²) in [4.78, 5) is 16.4. The van der Waals surface area contributed by atoms with Gasteiger partial charge in [-0.25, -0.2) is 9.67 Å². The van der Waals surface area contributed by atoms with E-state index >= 15 is 0 Å². The van der Waals surface area contributed by atoms with Gasteiger partial charge in [0.2, 0.25) is 5.88 Å². The molecule has 0 unspecified atom stereocenters. The highest BCUT2D eigenvalue weighted by Gasteiger charge is 2.28. The number of benzene rings is 1. The van der Waals surface area contributed by atoms with E-state index in [-0.39, 0.29) is 22.3 Å². The van der Waals surface area contributed by atoms with Crippen LogP contribution in [0, 0.1) is 13.8 Å². The Morgan fingerprint density at radius 3 is 2.47 bits per heavy atom. The highest BCUT2D eigenvalue weighted by molar-refractivity contribution is 6.33. The van der Waals surface area contributed by atoms with Crippen molar-refractivity contribution < 1.29 is 22.7 Å². The lowest BCUT2D eigenvalue weighted by Gasteiger charge is -2.09. The quantitative estimate of drug-likeness (QED) is 0.600. The smallest absolute Gasteiger partial charge is 0.422 e. The lowest BCUT2D eigenvalue weighted by molar-refractivity contribution is -0.154. The summed E-state index contributed by atoms with van der Waals surface area (Å²) in [5, 5.41) is 7.12. The number of anilines is 1. The van der Waals surface area contributed by atoms with Gasteiger partial charge in [0.15, 0.2) is 6.61 Å². The number of hydrogen-bond donors (Lipinski definition) is 1. The number of carbonyl (C=O) groups excluding carboxylic acids is 1. The van der Waals surface area contributed by atoms with Crippen LogP contribution in [-0.2, 0) is 6.54 Å². The number of pyridine rings is 1. The van der Waals surface area contributed by atoms with Gasteiger partial charge in [-0.15, -0.1) is 0 Å². The highest BCUT2D eigenvalue weighted by Crippen LogP contribution is 2.23. The predicted molar refractivity (Wildman–Crippen MR) is 106 cm³/mol. The third kappa shape index (κ3) is 5.50. The van der Waals surface area contributed by atoms with E-state index in [0.29, 0.717) is 12.2 Å². The SMILES string of the molecule is Cc1ccc(Cn2nc(C)c(C(=O)Nc3ccc(OCC(F)(F)F)nc3)c2Cl)cc1. The van der Waals surface area contributed by atoms with Gasteiger partial charge < -0.3 is 10.1 Å². The molecule has 1 N–H and O–H groups in total. The number of amides is 1. The Morgan fingerprint density at radius 1 is 1.17 bits per heavy atom. The minimum absolute atomic E-state index is 0.184.